The molecule has 2 aromatic carbocycles. The third kappa shape index (κ3) is 3.15. The molecule has 2 N–H and O–H groups in total. The molecule has 0 radical (unpaired) electrons. The Morgan fingerprint density at radius 3 is 2.56 bits per heavy atom. The lowest BCUT2D eigenvalue weighted by Gasteiger charge is -2.19. The van der Waals surface area contributed by atoms with E-state index in [1.807, 2.05) is 48.5 Å². The monoisotopic (exact) mass is 262 g/mol. The molecule has 0 heterocycles. The van der Waals surface area contributed by atoms with Gasteiger partial charge in [0.1, 0.15) is 5.75 Å². The van der Waals surface area contributed by atoms with Gasteiger partial charge in [-0.15, -0.1) is 0 Å². The van der Waals surface area contributed by atoms with Gasteiger partial charge < -0.3 is 9.75 Å². The minimum absolute atomic E-state index is 0.615. The summed E-state index contributed by atoms with van der Waals surface area (Å²) in [5.41, 5.74) is 2.01. The Labute approximate surface area is 112 Å². The second kappa shape index (κ2) is 5.76. The first kappa shape index (κ1) is 12.7. The topological polar surface area (TPSA) is 38.5 Å². The number of rotatable bonds is 4. The van der Waals surface area contributed by atoms with Crippen LogP contribution in [-0.4, -0.2) is 7.11 Å². The summed E-state index contributed by atoms with van der Waals surface area (Å²) in [5.74, 6) is 6.82. The lowest BCUT2D eigenvalue weighted by atomic mass is 10.2. The maximum atomic E-state index is 6.03. The third-order valence-corrected chi connectivity index (χ3v) is 2.90. The van der Waals surface area contributed by atoms with E-state index in [1.54, 1.807) is 12.1 Å². The lowest BCUT2D eigenvalue weighted by Crippen LogP contribution is -2.29. The fourth-order valence-electron chi connectivity index (χ4n) is 1.67. The molecule has 0 unspecified atom stereocenters. The Hall–Kier alpha value is -1.71. The Morgan fingerprint density at radius 2 is 1.89 bits per heavy atom. The van der Waals surface area contributed by atoms with Gasteiger partial charge in [-0.05, 0) is 29.8 Å². The molecule has 0 amide bonds. The number of nitrogens with two attached hydrogens (primary N) is 1. The van der Waals surface area contributed by atoms with Crippen LogP contribution in [0.1, 0.15) is 5.56 Å². The first-order chi connectivity index (χ1) is 8.69. The van der Waals surface area contributed by atoms with Gasteiger partial charge in [0.15, 0.2) is 0 Å². The third-order valence-electron chi connectivity index (χ3n) is 2.65. The zero-order valence-electron chi connectivity index (χ0n) is 10.1. The Bertz CT molecular complexity index is 513. The van der Waals surface area contributed by atoms with Crippen LogP contribution in [0.4, 0.5) is 5.69 Å². The molecule has 3 nitrogen and oxygen atoms in total. The van der Waals surface area contributed by atoms with Crippen LogP contribution in [0.3, 0.4) is 0 Å². The van der Waals surface area contributed by atoms with Crippen molar-refractivity contribution in [2.45, 2.75) is 6.54 Å². The van der Waals surface area contributed by atoms with Crippen LogP contribution >= 0.6 is 11.6 Å². The molecular formula is C14H15ClN2O. The minimum atomic E-state index is 0.615. The van der Waals surface area contributed by atoms with E-state index in [-0.39, 0.29) is 0 Å². The van der Waals surface area contributed by atoms with Crippen LogP contribution in [0.5, 0.6) is 5.75 Å². The average Bonchev–Trinajstić information content (AvgIpc) is 2.41. The van der Waals surface area contributed by atoms with Gasteiger partial charge in [-0.2, -0.15) is 0 Å². The predicted octanol–water partition coefficient (Wildman–Crippen LogP) is 3.23. The van der Waals surface area contributed by atoms with Crippen molar-refractivity contribution in [3.63, 3.8) is 0 Å². The number of nitrogens with zero attached hydrogens (tertiary/aromatic N) is 1. The Morgan fingerprint density at radius 1 is 1.17 bits per heavy atom. The minimum Gasteiger partial charge on any atom is -0.497 e. The molecule has 0 saturated carbocycles. The summed E-state index contributed by atoms with van der Waals surface area (Å²) in [6.07, 6.45) is 0. The molecule has 94 valence electrons. The summed E-state index contributed by atoms with van der Waals surface area (Å²) in [7, 11) is 1.64. The van der Waals surface area contributed by atoms with E-state index in [0.717, 1.165) is 22.0 Å². The Balaban J connectivity index is 2.11. The van der Waals surface area contributed by atoms with Gasteiger partial charge in [0, 0.05) is 11.1 Å². The summed E-state index contributed by atoms with van der Waals surface area (Å²) >= 11 is 5.84. The van der Waals surface area contributed by atoms with Crippen LogP contribution in [-0.2, 0) is 6.54 Å². The highest BCUT2D eigenvalue weighted by Gasteiger charge is 2.04. The van der Waals surface area contributed by atoms with Crippen molar-refractivity contribution in [3.05, 3.63) is 59.1 Å². The molecule has 18 heavy (non-hydrogen) atoms. The largest absolute Gasteiger partial charge is 0.497 e. The molecule has 0 saturated heterocycles. The average molecular weight is 263 g/mol. The van der Waals surface area contributed by atoms with E-state index < -0.39 is 0 Å². The van der Waals surface area contributed by atoms with Crippen molar-refractivity contribution in [3.8, 4) is 5.75 Å². The first-order valence-corrected chi connectivity index (χ1v) is 5.97. The van der Waals surface area contributed by atoms with E-state index in [4.69, 9.17) is 22.2 Å². The smallest absolute Gasteiger partial charge is 0.120 e. The highest BCUT2D eigenvalue weighted by atomic mass is 35.5. The van der Waals surface area contributed by atoms with Crippen molar-refractivity contribution in [1.29, 1.82) is 0 Å². The molecule has 4 heteroatoms. The fraction of sp³-hybridized carbons (Fsp3) is 0.143. The van der Waals surface area contributed by atoms with E-state index in [2.05, 4.69) is 0 Å². The van der Waals surface area contributed by atoms with E-state index in [0.29, 0.717) is 6.54 Å². The molecule has 0 aliphatic carbocycles. The molecule has 0 fully saturated rings. The number of ether oxygens (including phenoxy) is 1. The van der Waals surface area contributed by atoms with Crippen molar-refractivity contribution in [1.82, 2.24) is 0 Å². The molecular weight excluding hydrogens is 248 g/mol. The highest BCUT2D eigenvalue weighted by Crippen LogP contribution is 2.20. The first-order valence-electron chi connectivity index (χ1n) is 5.60. The normalized spacial score (nSPS) is 10.2. The SMILES string of the molecule is COc1cccc(N(N)Cc2ccc(Cl)cc2)c1. The molecule has 0 spiro atoms. The van der Waals surface area contributed by atoms with Gasteiger partial charge in [-0.25, -0.2) is 5.84 Å². The molecule has 2 rings (SSSR count). The van der Waals surface area contributed by atoms with Crippen LogP contribution in [0.2, 0.25) is 5.02 Å². The van der Waals surface area contributed by atoms with E-state index in [1.165, 1.54) is 0 Å². The van der Waals surface area contributed by atoms with E-state index >= 15 is 0 Å². The zero-order valence-corrected chi connectivity index (χ0v) is 10.9. The number of hydrazine groups is 1. The summed E-state index contributed by atoms with van der Waals surface area (Å²) in [6, 6.07) is 15.3. The lowest BCUT2D eigenvalue weighted by molar-refractivity contribution is 0.415. The number of methoxy groups -OCH3 is 1. The van der Waals surface area contributed by atoms with Gasteiger partial charge in [0.25, 0.3) is 0 Å². The highest BCUT2D eigenvalue weighted by molar-refractivity contribution is 6.30. The number of benzene rings is 2. The van der Waals surface area contributed by atoms with Gasteiger partial charge in [-0.3, -0.25) is 0 Å². The zero-order chi connectivity index (χ0) is 13.0. The number of anilines is 1. The predicted molar refractivity (Wildman–Crippen MR) is 74.8 cm³/mol. The number of hydrogen-bond acceptors (Lipinski definition) is 3. The second-order valence-electron chi connectivity index (χ2n) is 3.96. The summed E-state index contributed by atoms with van der Waals surface area (Å²) in [4.78, 5) is 0. The van der Waals surface area contributed by atoms with Gasteiger partial charge in [0.2, 0.25) is 0 Å². The van der Waals surface area contributed by atoms with Gasteiger partial charge in [0.05, 0.1) is 19.3 Å². The molecule has 0 aliphatic rings. The summed E-state index contributed by atoms with van der Waals surface area (Å²) < 4.78 is 5.17. The quantitative estimate of drug-likeness (QED) is 0.679. The van der Waals surface area contributed by atoms with E-state index in [9.17, 15) is 0 Å². The molecule has 0 bridgehead atoms. The van der Waals surface area contributed by atoms with Crippen molar-refractivity contribution < 1.29 is 4.74 Å². The standard InChI is InChI=1S/C14H15ClN2O/c1-18-14-4-2-3-13(9-14)17(16)10-11-5-7-12(15)8-6-11/h2-9H,10,16H2,1H3. The van der Waals surface area contributed by atoms with Gasteiger partial charge >= 0.3 is 0 Å². The molecule has 0 aromatic heterocycles. The molecule has 2 aromatic rings. The van der Waals surface area contributed by atoms with Crippen LogP contribution in [0, 0.1) is 0 Å². The van der Waals surface area contributed by atoms with Crippen molar-refractivity contribution >= 4 is 17.3 Å². The summed E-state index contributed by atoms with van der Waals surface area (Å²) in [6.45, 7) is 0.615. The van der Waals surface area contributed by atoms with Gasteiger partial charge in [-0.1, -0.05) is 29.8 Å². The maximum Gasteiger partial charge on any atom is 0.120 e. The summed E-state index contributed by atoms with van der Waals surface area (Å²) in [5, 5.41) is 2.40. The van der Waals surface area contributed by atoms with Crippen LogP contribution in [0.15, 0.2) is 48.5 Å². The van der Waals surface area contributed by atoms with Crippen molar-refractivity contribution in [2.24, 2.45) is 5.84 Å². The van der Waals surface area contributed by atoms with Crippen LogP contribution < -0.4 is 15.6 Å². The fourth-order valence-corrected chi connectivity index (χ4v) is 1.79. The Kier molecular flexibility index (Phi) is 4.07. The number of hydrogen-bond donors (Lipinski definition) is 1. The number of halogens is 1. The second-order valence-corrected chi connectivity index (χ2v) is 4.39. The van der Waals surface area contributed by atoms with Crippen LogP contribution in [0.25, 0.3) is 0 Å². The molecule has 0 atom stereocenters. The maximum absolute atomic E-state index is 6.03. The van der Waals surface area contributed by atoms with Crippen molar-refractivity contribution in [2.75, 3.05) is 12.1 Å². The molecule has 0 aliphatic heterocycles.